The molecular weight excluding hydrogens is 400 g/mol. The van der Waals surface area contributed by atoms with Crippen molar-refractivity contribution in [3.63, 3.8) is 0 Å². The predicted octanol–water partition coefficient (Wildman–Crippen LogP) is 4.79. The maximum absolute atomic E-state index is 12.7. The average Bonchev–Trinajstić information content (AvgIpc) is 3.16. The van der Waals surface area contributed by atoms with E-state index in [1.807, 2.05) is 49.5 Å². The lowest BCUT2D eigenvalue weighted by atomic mass is 10.2. The second-order valence-corrected chi connectivity index (χ2v) is 7.89. The van der Waals surface area contributed by atoms with Gasteiger partial charge in [0.2, 0.25) is 5.95 Å². The van der Waals surface area contributed by atoms with E-state index in [0.717, 1.165) is 28.2 Å². The maximum Gasteiger partial charge on any atom is 0.258 e. The first kappa shape index (κ1) is 20.0. The molecule has 4 rings (SSSR count). The zero-order valence-corrected chi connectivity index (χ0v) is 17.8. The molecule has 0 amide bonds. The summed E-state index contributed by atoms with van der Waals surface area (Å²) < 4.78 is 7.33. The monoisotopic (exact) mass is 422 g/mol. The van der Waals surface area contributed by atoms with Crippen LogP contribution in [0.2, 0.25) is 5.02 Å². The summed E-state index contributed by atoms with van der Waals surface area (Å²) in [7, 11) is 2.00. The van der Waals surface area contributed by atoms with Crippen molar-refractivity contribution in [1.29, 1.82) is 0 Å². The van der Waals surface area contributed by atoms with Gasteiger partial charge in [-0.15, -0.1) is 0 Å². The van der Waals surface area contributed by atoms with E-state index in [1.54, 1.807) is 16.8 Å². The fraction of sp³-hybridized carbons (Fsp3) is 0.217. The van der Waals surface area contributed by atoms with Crippen molar-refractivity contribution < 1.29 is 4.74 Å². The summed E-state index contributed by atoms with van der Waals surface area (Å²) in [4.78, 5) is 22.7. The van der Waals surface area contributed by atoms with Crippen LogP contribution in [0.4, 0.5) is 5.95 Å². The lowest BCUT2D eigenvalue weighted by Gasteiger charge is -2.19. The number of anilines is 1. The standard InChI is InChI=1S/C23H23ClN4O2/c1-15(2)27(3)23-25-20-9-8-18(12-21(20)26-23)28-11-10-19(13-22(28)29)30-14-16-4-6-17(24)7-5-16/h4-13,15H,14H2,1-3H3,(H,25,26). The number of benzene rings is 2. The van der Waals surface area contributed by atoms with Crippen molar-refractivity contribution in [2.45, 2.75) is 26.5 Å². The van der Waals surface area contributed by atoms with E-state index in [-0.39, 0.29) is 5.56 Å². The van der Waals surface area contributed by atoms with Gasteiger partial charge < -0.3 is 14.6 Å². The number of rotatable bonds is 6. The molecule has 0 aliphatic heterocycles. The zero-order valence-electron chi connectivity index (χ0n) is 17.1. The van der Waals surface area contributed by atoms with Gasteiger partial charge in [-0.1, -0.05) is 23.7 Å². The molecule has 0 spiro atoms. The third-order valence-electron chi connectivity index (χ3n) is 5.05. The van der Waals surface area contributed by atoms with Crippen LogP contribution in [0.5, 0.6) is 5.75 Å². The van der Waals surface area contributed by atoms with Crippen LogP contribution in [0, 0.1) is 0 Å². The Kier molecular flexibility index (Phi) is 5.50. The van der Waals surface area contributed by atoms with E-state index < -0.39 is 0 Å². The Hall–Kier alpha value is -3.25. The average molecular weight is 423 g/mol. The molecule has 154 valence electrons. The van der Waals surface area contributed by atoms with Gasteiger partial charge in [0.05, 0.1) is 16.7 Å². The summed E-state index contributed by atoms with van der Waals surface area (Å²) in [5.41, 5.74) is 3.32. The van der Waals surface area contributed by atoms with Crippen LogP contribution in [-0.2, 0) is 6.61 Å². The number of aromatic amines is 1. The summed E-state index contributed by atoms with van der Waals surface area (Å²) in [6, 6.07) is 16.7. The quantitative estimate of drug-likeness (QED) is 0.485. The number of hydrogen-bond acceptors (Lipinski definition) is 4. The topological polar surface area (TPSA) is 63.1 Å². The molecule has 2 aromatic heterocycles. The number of aromatic nitrogens is 3. The highest BCUT2D eigenvalue weighted by Gasteiger charge is 2.11. The Bertz CT molecular complexity index is 1230. The Balaban J connectivity index is 1.55. The fourth-order valence-corrected chi connectivity index (χ4v) is 3.18. The Morgan fingerprint density at radius 3 is 2.60 bits per heavy atom. The van der Waals surface area contributed by atoms with Crippen LogP contribution in [-0.4, -0.2) is 27.6 Å². The molecule has 6 nitrogen and oxygen atoms in total. The van der Waals surface area contributed by atoms with Gasteiger partial charge in [-0.05, 0) is 55.8 Å². The third kappa shape index (κ3) is 4.19. The molecule has 2 heterocycles. The first-order valence-electron chi connectivity index (χ1n) is 9.73. The molecule has 2 aromatic carbocycles. The van der Waals surface area contributed by atoms with Crippen molar-refractivity contribution in [2.24, 2.45) is 0 Å². The van der Waals surface area contributed by atoms with Crippen LogP contribution in [0.25, 0.3) is 16.7 Å². The Morgan fingerprint density at radius 1 is 1.13 bits per heavy atom. The molecule has 7 heteroatoms. The maximum atomic E-state index is 12.7. The third-order valence-corrected chi connectivity index (χ3v) is 5.30. The van der Waals surface area contributed by atoms with Crippen molar-refractivity contribution in [1.82, 2.24) is 14.5 Å². The molecule has 30 heavy (non-hydrogen) atoms. The molecular formula is C23H23ClN4O2. The van der Waals surface area contributed by atoms with Gasteiger partial charge in [-0.2, -0.15) is 0 Å². The van der Waals surface area contributed by atoms with E-state index >= 15 is 0 Å². The highest BCUT2D eigenvalue weighted by molar-refractivity contribution is 6.30. The van der Waals surface area contributed by atoms with Gasteiger partial charge in [-0.25, -0.2) is 4.98 Å². The largest absolute Gasteiger partial charge is 0.489 e. The number of imidazole rings is 1. The number of nitrogens with one attached hydrogen (secondary N) is 1. The van der Waals surface area contributed by atoms with E-state index in [0.29, 0.717) is 23.4 Å². The summed E-state index contributed by atoms with van der Waals surface area (Å²) in [6.07, 6.45) is 1.72. The number of hydrogen-bond donors (Lipinski definition) is 1. The smallest absolute Gasteiger partial charge is 0.258 e. The van der Waals surface area contributed by atoms with Crippen molar-refractivity contribution in [2.75, 3.05) is 11.9 Å². The minimum atomic E-state index is -0.165. The first-order chi connectivity index (χ1) is 14.4. The second kappa shape index (κ2) is 8.24. The minimum absolute atomic E-state index is 0.165. The van der Waals surface area contributed by atoms with Crippen LogP contribution in [0.3, 0.4) is 0 Å². The zero-order chi connectivity index (χ0) is 21.3. The highest BCUT2D eigenvalue weighted by Crippen LogP contribution is 2.21. The number of H-pyrrole nitrogens is 1. The van der Waals surface area contributed by atoms with Gasteiger partial charge in [0.25, 0.3) is 5.56 Å². The van der Waals surface area contributed by atoms with Gasteiger partial charge in [0.15, 0.2) is 0 Å². The number of fused-ring (bicyclic) bond motifs is 1. The van der Waals surface area contributed by atoms with Crippen LogP contribution in [0.15, 0.2) is 65.6 Å². The van der Waals surface area contributed by atoms with Gasteiger partial charge in [-0.3, -0.25) is 9.36 Å². The Labute approximate surface area is 179 Å². The van der Waals surface area contributed by atoms with E-state index in [1.165, 1.54) is 6.07 Å². The molecule has 0 aliphatic rings. The SMILES string of the molecule is CC(C)N(C)c1nc2ccc(-n3ccc(OCc4ccc(Cl)cc4)cc3=O)cc2[nH]1. The molecule has 1 N–H and O–H groups in total. The molecule has 0 saturated heterocycles. The van der Waals surface area contributed by atoms with E-state index in [2.05, 4.69) is 28.7 Å². The normalized spacial score (nSPS) is 11.2. The van der Waals surface area contributed by atoms with Crippen molar-refractivity contribution in [3.8, 4) is 11.4 Å². The molecule has 4 aromatic rings. The van der Waals surface area contributed by atoms with E-state index in [9.17, 15) is 4.79 Å². The molecule has 0 bridgehead atoms. The summed E-state index contributed by atoms with van der Waals surface area (Å²) in [5, 5.41) is 0.679. The molecule has 0 saturated carbocycles. The second-order valence-electron chi connectivity index (χ2n) is 7.45. The summed E-state index contributed by atoms with van der Waals surface area (Å²) in [5.74, 6) is 1.32. The van der Waals surface area contributed by atoms with Crippen molar-refractivity contribution in [3.05, 3.63) is 81.7 Å². The lowest BCUT2D eigenvalue weighted by Crippen LogP contribution is -2.26. The van der Waals surface area contributed by atoms with Gasteiger partial charge >= 0.3 is 0 Å². The molecule has 0 aliphatic carbocycles. The Morgan fingerprint density at radius 2 is 1.90 bits per heavy atom. The highest BCUT2D eigenvalue weighted by atomic mass is 35.5. The lowest BCUT2D eigenvalue weighted by molar-refractivity contribution is 0.305. The van der Waals surface area contributed by atoms with Crippen molar-refractivity contribution >= 4 is 28.6 Å². The minimum Gasteiger partial charge on any atom is -0.489 e. The van der Waals surface area contributed by atoms with Crippen LogP contribution < -0.4 is 15.2 Å². The van der Waals surface area contributed by atoms with E-state index in [4.69, 9.17) is 16.3 Å². The molecule has 0 unspecified atom stereocenters. The predicted molar refractivity (Wildman–Crippen MR) is 121 cm³/mol. The van der Waals surface area contributed by atoms with Crippen LogP contribution >= 0.6 is 11.6 Å². The first-order valence-corrected chi connectivity index (χ1v) is 10.1. The fourth-order valence-electron chi connectivity index (χ4n) is 3.06. The van der Waals surface area contributed by atoms with Crippen LogP contribution in [0.1, 0.15) is 19.4 Å². The molecule has 0 fully saturated rings. The number of ether oxygens (including phenoxy) is 1. The summed E-state index contributed by atoms with van der Waals surface area (Å²) >= 11 is 5.90. The molecule has 0 atom stereocenters. The number of halogens is 1. The van der Waals surface area contributed by atoms with Gasteiger partial charge in [0.1, 0.15) is 12.4 Å². The molecule has 0 radical (unpaired) electrons. The number of nitrogens with zero attached hydrogens (tertiary/aromatic N) is 3. The summed E-state index contributed by atoms with van der Waals surface area (Å²) in [6.45, 7) is 4.58. The number of pyridine rings is 1. The van der Waals surface area contributed by atoms with Gasteiger partial charge in [0, 0.05) is 30.4 Å².